The second-order valence-electron chi connectivity index (χ2n) is 4.35. The topological polar surface area (TPSA) is 111 Å². The Morgan fingerprint density at radius 3 is 2.89 bits per heavy atom. The van der Waals surface area contributed by atoms with E-state index in [1.54, 1.807) is 0 Å². The Hall–Kier alpha value is -1.44. The quantitative estimate of drug-likeness (QED) is 0.645. The van der Waals surface area contributed by atoms with Crippen LogP contribution in [0.1, 0.15) is 19.6 Å². The molecule has 1 unspecified atom stereocenters. The van der Waals surface area contributed by atoms with Crippen LogP contribution in [-0.4, -0.2) is 38.6 Å². The molecular formula is C11H17N3O4. The van der Waals surface area contributed by atoms with Crippen molar-refractivity contribution >= 4 is 5.82 Å². The Morgan fingerprint density at radius 1 is 1.61 bits per heavy atom. The van der Waals surface area contributed by atoms with Gasteiger partial charge >= 0.3 is 5.69 Å². The number of nitrogens with zero attached hydrogens (tertiary/aromatic N) is 2. The van der Waals surface area contributed by atoms with Crippen molar-refractivity contribution in [3.63, 3.8) is 0 Å². The molecule has 0 aromatic carbocycles. The fourth-order valence-electron chi connectivity index (χ4n) is 2.29. The maximum atomic E-state index is 11.7. The van der Waals surface area contributed by atoms with Crippen molar-refractivity contribution in [3.05, 3.63) is 22.7 Å². The Morgan fingerprint density at radius 2 is 2.33 bits per heavy atom. The molecule has 0 saturated carbocycles. The number of rotatable bonds is 3. The molecule has 2 heterocycles. The van der Waals surface area contributed by atoms with Crippen molar-refractivity contribution in [1.29, 1.82) is 0 Å². The zero-order valence-electron chi connectivity index (χ0n) is 10.1. The molecule has 1 aromatic heterocycles. The molecule has 7 heteroatoms. The average Bonchev–Trinajstić information content (AvgIpc) is 2.65. The van der Waals surface area contributed by atoms with Crippen LogP contribution in [0.3, 0.4) is 0 Å². The summed E-state index contributed by atoms with van der Waals surface area (Å²) in [7, 11) is 0. The summed E-state index contributed by atoms with van der Waals surface area (Å²) in [5.41, 5.74) is 4.90. The van der Waals surface area contributed by atoms with Gasteiger partial charge in [0.2, 0.25) is 0 Å². The fraction of sp³-hybridized carbons (Fsp3) is 0.636. The summed E-state index contributed by atoms with van der Waals surface area (Å²) in [4.78, 5) is 15.4. The van der Waals surface area contributed by atoms with Crippen LogP contribution >= 0.6 is 0 Å². The van der Waals surface area contributed by atoms with Crippen LogP contribution in [0.25, 0.3) is 0 Å². The molecule has 0 spiro atoms. The molecule has 4 N–H and O–H groups in total. The van der Waals surface area contributed by atoms with E-state index >= 15 is 0 Å². The zero-order chi connectivity index (χ0) is 13.3. The number of aliphatic hydroxyl groups excluding tert-OH is 2. The molecule has 0 amide bonds. The van der Waals surface area contributed by atoms with Crippen molar-refractivity contribution in [3.8, 4) is 0 Å². The van der Waals surface area contributed by atoms with Gasteiger partial charge in [0.05, 0.1) is 12.7 Å². The van der Waals surface area contributed by atoms with Gasteiger partial charge in [-0.1, -0.05) is 6.92 Å². The SMILES string of the molecule is CCC1[C@H](n2ccc(N)nc2=O)O[C@H](CO)[C@H]1O. The Kier molecular flexibility index (Phi) is 3.65. The molecule has 4 atom stereocenters. The predicted octanol–water partition coefficient (Wildman–Crippen LogP) is -0.898. The van der Waals surface area contributed by atoms with Gasteiger partial charge in [0, 0.05) is 12.1 Å². The van der Waals surface area contributed by atoms with Gasteiger partial charge in [-0.05, 0) is 12.5 Å². The lowest BCUT2D eigenvalue weighted by Gasteiger charge is -2.20. The Balaban J connectivity index is 2.35. The maximum absolute atomic E-state index is 11.7. The lowest BCUT2D eigenvalue weighted by molar-refractivity contribution is -0.0481. The fourth-order valence-corrected chi connectivity index (χ4v) is 2.29. The number of ether oxygens (including phenoxy) is 1. The van der Waals surface area contributed by atoms with E-state index in [1.807, 2.05) is 6.92 Å². The molecule has 7 nitrogen and oxygen atoms in total. The monoisotopic (exact) mass is 255 g/mol. The van der Waals surface area contributed by atoms with Crippen LogP contribution in [0, 0.1) is 5.92 Å². The zero-order valence-corrected chi connectivity index (χ0v) is 10.1. The van der Waals surface area contributed by atoms with E-state index in [9.17, 15) is 9.90 Å². The van der Waals surface area contributed by atoms with Gasteiger partial charge in [-0.2, -0.15) is 4.98 Å². The molecular weight excluding hydrogens is 238 g/mol. The molecule has 0 radical (unpaired) electrons. The molecule has 1 aliphatic heterocycles. The lowest BCUT2D eigenvalue weighted by Crippen LogP contribution is -2.32. The molecule has 1 aromatic rings. The summed E-state index contributed by atoms with van der Waals surface area (Å²) in [5, 5.41) is 19.1. The third kappa shape index (κ3) is 2.12. The highest BCUT2D eigenvalue weighted by Gasteiger charge is 2.43. The van der Waals surface area contributed by atoms with Crippen LogP contribution in [0.4, 0.5) is 5.82 Å². The minimum Gasteiger partial charge on any atom is -0.394 e. The molecule has 1 aliphatic rings. The third-order valence-electron chi connectivity index (χ3n) is 3.28. The van der Waals surface area contributed by atoms with Crippen LogP contribution in [-0.2, 0) is 4.74 Å². The number of hydrogen-bond donors (Lipinski definition) is 3. The summed E-state index contributed by atoms with van der Waals surface area (Å²) in [6, 6.07) is 1.50. The van der Waals surface area contributed by atoms with E-state index in [4.69, 9.17) is 15.6 Å². The number of nitrogens with two attached hydrogens (primary N) is 1. The molecule has 18 heavy (non-hydrogen) atoms. The number of hydrogen-bond acceptors (Lipinski definition) is 6. The summed E-state index contributed by atoms with van der Waals surface area (Å²) in [6.45, 7) is 1.60. The first kappa shape index (κ1) is 13.0. The van der Waals surface area contributed by atoms with Gasteiger partial charge in [0.1, 0.15) is 18.1 Å². The highest BCUT2D eigenvalue weighted by atomic mass is 16.5. The van der Waals surface area contributed by atoms with E-state index in [0.717, 1.165) is 0 Å². The average molecular weight is 255 g/mol. The maximum Gasteiger partial charge on any atom is 0.351 e. The second-order valence-corrected chi connectivity index (χ2v) is 4.35. The largest absolute Gasteiger partial charge is 0.394 e. The second kappa shape index (κ2) is 5.05. The Bertz CT molecular complexity index is 476. The highest BCUT2D eigenvalue weighted by molar-refractivity contribution is 5.23. The number of anilines is 1. The summed E-state index contributed by atoms with van der Waals surface area (Å²) >= 11 is 0. The standard InChI is InChI=1S/C11H17N3O4/c1-2-6-9(16)7(5-15)18-10(6)14-4-3-8(12)13-11(14)17/h3-4,6-7,9-10,15-16H,2,5H2,1H3,(H2,12,13,17)/t6?,7-,9+,10-/m1/s1. The summed E-state index contributed by atoms with van der Waals surface area (Å²) in [6.07, 6.45) is 0.0190. The molecule has 0 bridgehead atoms. The van der Waals surface area contributed by atoms with Gasteiger partial charge in [-0.15, -0.1) is 0 Å². The number of aromatic nitrogens is 2. The smallest absolute Gasteiger partial charge is 0.351 e. The third-order valence-corrected chi connectivity index (χ3v) is 3.28. The van der Waals surface area contributed by atoms with Crippen LogP contribution < -0.4 is 11.4 Å². The van der Waals surface area contributed by atoms with Crippen molar-refractivity contribution in [2.24, 2.45) is 5.92 Å². The van der Waals surface area contributed by atoms with Crippen molar-refractivity contribution in [1.82, 2.24) is 9.55 Å². The summed E-state index contributed by atoms with van der Waals surface area (Å²) in [5.74, 6) is -0.119. The highest BCUT2D eigenvalue weighted by Crippen LogP contribution is 2.35. The molecule has 1 saturated heterocycles. The lowest BCUT2D eigenvalue weighted by atomic mass is 9.97. The normalized spacial score (nSPS) is 31.7. The molecule has 100 valence electrons. The minimum absolute atomic E-state index is 0.140. The number of aliphatic hydroxyl groups is 2. The van der Waals surface area contributed by atoms with Gasteiger partial charge in [-0.3, -0.25) is 4.57 Å². The number of nitrogen functional groups attached to an aromatic ring is 1. The van der Waals surface area contributed by atoms with E-state index in [0.29, 0.717) is 6.42 Å². The predicted molar refractivity (Wildman–Crippen MR) is 63.7 cm³/mol. The Labute approximate surface area is 104 Å². The van der Waals surface area contributed by atoms with Crippen LogP contribution in [0.5, 0.6) is 0 Å². The molecule has 1 fully saturated rings. The van der Waals surface area contributed by atoms with Crippen molar-refractivity contribution in [2.75, 3.05) is 12.3 Å². The van der Waals surface area contributed by atoms with E-state index in [2.05, 4.69) is 4.98 Å². The molecule has 2 rings (SSSR count). The van der Waals surface area contributed by atoms with Crippen LogP contribution in [0.15, 0.2) is 17.1 Å². The summed E-state index contributed by atoms with van der Waals surface area (Å²) < 4.78 is 6.81. The minimum atomic E-state index is -0.797. The van der Waals surface area contributed by atoms with Crippen molar-refractivity contribution < 1.29 is 14.9 Å². The van der Waals surface area contributed by atoms with E-state index in [-0.39, 0.29) is 18.3 Å². The van der Waals surface area contributed by atoms with Gasteiger partial charge in [-0.25, -0.2) is 4.79 Å². The van der Waals surface area contributed by atoms with Gasteiger partial charge in [0.25, 0.3) is 0 Å². The van der Waals surface area contributed by atoms with E-state index < -0.39 is 24.1 Å². The van der Waals surface area contributed by atoms with Crippen molar-refractivity contribution in [2.45, 2.75) is 31.8 Å². The first-order valence-corrected chi connectivity index (χ1v) is 5.87. The first-order chi connectivity index (χ1) is 8.58. The van der Waals surface area contributed by atoms with E-state index in [1.165, 1.54) is 16.8 Å². The van der Waals surface area contributed by atoms with Gasteiger partial charge < -0.3 is 20.7 Å². The van der Waals surface area contributed by atoms with Crippen LogP contribution in [0.2, 0.25) is 0 Å². The first-order valence-electron chi connectivity index (χ1n) is 5.87. The van der Waals surface area contributed by atoms with Gasteiger partial charge in [0.15, 0.2) is 0 Å². The molecule has 0 aliphatic carbocycles.